The Hall–Kier alpha value is -2.41. The van der Waals surface area contributed by atoms with Gasteiger partial charge in [-0.05, 0) is 37.3 Å². The molecule has 22 heavy (non-hydrogen) atoms. The van der Waals surface area contributed by atoms with E-state index in [0.717, 1.165) is 11.9 Å². The number of sulfonamides is 1. The maximum Gasteiger partial charge on any atom is 0.251 e. The van der Waals surface area contributed by atoms with E-state index in [1.165, 1.54) is 6.07 Å². The highest BCUT2D eigenvalue weighted by atomic mass is 32.2. The van der Waals surface area contributed by atoms with Crippen LogP contribution in [0.3, 0.4) is 0 Å². The van der Waals surface area contributed by atoms with Crippen LogP contribution in [0.15, 0.2) is 48.7 Å². The molecule has 1 aromatic heterocycles. The Kier molecular flexibility index (Phi) is 4.77. The van der Waals surface area contributed by atoms with Gasteiger partial charge in [-0.3, -0.25) is 14.5 Å². The summed E-state index contributed by atoms with van der Waals surface area (Å²) in [7, 11) is -3.38. The Balaban J connectivity index is 2.11. The van der Waals surface area contributed by atoms with Crippen molar-refractivity contribution < 1.29 is 13.2 Å². The van der Waals surface area contributed by atoms with Crippen LogP contribution in [0.5, 0.6) is 0 Å². The number of hydrogen-bond acceptors (Lipinski definition) is 4. The molecule has 0 spiro atoms. The molecule has 2 aromatic rings. The standard InChI is InChI=1S/C15H17N3O3S/c1-11(14-8-3-4-9-16-14)17-15(19)12-6-5-7-13(10-12)18-22(2,20)21/h3-11,18H,1-2H3,(H,17,19)/t11-/m0/s1. The first-order chi connectivity index (χ1) is 10.3. The summed E-state index contributed by atoms with van der Waals surface area (Å²) in [5.41, 5.74) is 1.47. The minimum absolute atomic E-state index is 0.250. The highest BCUT2D eigenvalue weighted by Gasteiger charge is 2.13. The van der Waals surface area contributed by atoms with Gasteiger partial charge in [0.05, 0.1) is 18.0 Å². The van der Waals surface area contributed by atoms with Crippen LogP contribution in [0.25, 0.3) is 0 Å². The average Bonchev–Trinajstić information content (AvgIpc) is 2.46. The van der Waals surface area contributed by atoms with Crippen LogP contribution in [-0.2, 0) is 10.0 Å². The minimum atomic E-state index is -3.38. The fourth-order valence-electron chi connectivity index (χ4n) is 1.92. The lowest BCUT2D eigenvalue weighted by molar-refractivity contribution is 0.0939. The maximum atomic E-state index is 12.2. The quantitative estimate of drug-likeness (QED) is 0.881. The normalized spacial score (nSPS) is 12.5. The second-order valence-corrected chi connectivity index (χ2v) is 6.65. The van der Waals surface area contributed by atoms with Gasteiger partial charge in [0.1, 0.15) is 0 Å². The number of nitrogens with one attached hydrogen (secondary N) is 2. The van der Waals surface area contributed by atoms with Crippen molar-refractivity contribution in [3.8, 4) is 0 Å². The number of carbonyl (C=O) groups is 1. The van der Waals surface area contributed by atoms with Crippen LogP contribution >= 0.6 is 0 Å². The van der Waals surface area contributed by atoms with Gasteiger partial charge in [-0.1, -0.05) is 12.1 Å². The summed E-state index contributed by atoms with van der Waals surface area (Å²) in [6.45, 7) is 1.83. The molecule has 0 aliphatic rings. The van der Waals surface area contributed by atoms with Gasteiger partial charge in [-0.2, -0.15) is 0 Å². The van der Waals surface area contributed by atoms with Gasteiger partial charge in [-0.15, -0.1) is 0 Å². The van der Waals surface area contributed by atoms with Crippen molar-refractivity contribution >= 4 is 21.6 Å². The molecule has 0 saturated carbocycles. The van der Waals surface area contributed by atoms with Gasteiger partial charge in [-0.25, -0.2) is 8.42 Å². The summed E-state index contributed by atoms with van der Waals surface area (Å²) in [5, 5.41) is 2.82. The molecule has 7 heteroatoms. The van der Waals surface area contributed by atoms with Crippen molar-refractivity contribution in [1.29, 1.82) is 0 Å². The lowest BCUT2D eigenvalue weighted by Gasteiger charge is -2.14. The summed E-state index contributed by atoms with van der Waals surface area (Å²) < 4.78 is 24.8. The molecule has 1 heterocycles. The number of aromatic nitrogens is 1. The predicted octanol–water partition coefficient (Wildman–Crippen LogP) is 1.94. The number of rotatable bonds is 5. The minimum Gasteiger partial charge on any atom is -0.344 e. The zero-order valence-electron chi connectivity index (χ0n) is 12.3. The molecule has 0 fully saturated rings. The highest BCUT2D eigenvalue weighted by Crippen LogP contribution is 2.14. The van der Waals surface area contributed by atoms with E-state index in [4.69, 9.17) is 0 Å². The van der Waals surface area contributed by atoms with E-state index < -0.39 is 10.0 Å². The number of anilines is 1. The van der Waals surface area contributed by atoms with Gasteiger partial charge in [0, 0.05) is 17.4 Å². The molecule has 2 N–H and O–H groups in total. The molecule has 1 aromatic carbocycles. The molecule has 2 rings (SSSR count). The molecule has 1 amide bonds. The maximum absolute atomic E-state index is 12.2. The van der Waals surface area contributed by atoms with Crippen LogP contribution in [0, 0.1) is 0 Å². The topological polar surface area (TPSA) is 88.2 Å². The van der Waals surface area contributed by atoms with Gasteiger partial charge in [0.2, 0.25) is 10.0 Å². The summed E-state index contributed by atoms with van der Waals surface area (Å²) in [5.74, 6) is -0.296. The van der Waals surface area contributed by atoms with Crippen LogP contribution in [0.2, 0.25) is 0 Å². The number of amides is 1. The third-order valence-electron chi connectivity index (χ3n) is 2.91. The fraction of sp³-hybridized carbons (Fsp3) is 0.200. The molecule has 0 saturated heterocycles. The lowest BCUT2D eigenvalue weighted by Crippen LogP contribution is -2.27. The summed E-state index contributed by atoms with van der Waals surface area (Å²) >= 11 is 0. The molecule has 0 aliphatic carbocycles. The molecular formula is C15H17N3O3S. The van der Waals surface area contributed by atoms with E-state index in [1.54, 1.807) is 30.5 Å². The van der Waals surface area contributed by atoms with Gasteiger partial charge in [0.25, 0.3) is 5.91 Å². The number of carbonyl (C=O) groups excluding carboxylic acids is 1. The van der Waals surface area contributed by atoms with Crippen LogP contribution < -0.4 is 10.0 Å². The Bertz CT molecular complexity index is 761. The van der Waals surface area contributed by atoms with Crippen molar-refractivity contribution in [2.45, 2.75) is 13.0 Å². The third kappa shape index (κ3) is 4.56. The second-order valence-electron chi connectivity index (χ2n) is 4.90. The van der Waals surface area contributed by atoms with Crippen LogP contribution in [0.4, 0.5) is 5.69 Å². The molecule has 0 radical (unpaired) electrons. The molecule has 0 unspecified atom stereocenters. The van der Waals surface area contributed by atoms with E-state index in [-0.39, 0.29) is 11.9 Å². The Morgan fingerprint density at radius 1 is 1.18 bits per heavy atom. The number of benzene rings is 1. The summed E-state index contributed by atoms with van der Waals surface area (Å²) in [6.07, 6.45) is 2.72. The molecular weight excluding hydrogens is 302 g/mol. The van der Waals surface area contributed by atoms with Crippen molar-refractivity contribution in [2.24, 2.45) is 0 Å². The van der Waals surface area contributed by atoms with Gasteiger partial charge >= 0.3 is 0 Å². The second kappa shape index (κ2) is 6.57. The van der Waals surface area contributed by atoms with Crippen molar-refractivity contribution in [1.82, 2.24) is 10.3 Å². The monoisotopic (exact) mass is 319 g/mol. The van der Waals surface area contributed by atoms with Crippen molar-refractivity contribution in [3.63, 3.8) is 0 Å². The smallest absolute Gasteiger partial charge is 0.251 e. The van der Waals surface area contributed by atoms with E-state index in [1.807, 2.05) is 19.1 Å². The molecule has 1 atom stereocenters. The average molecular weight is 319 g/mol. The first-order valence-corrected chi connectivity index (χ1v) is 8.54. The zero-order valence-corrected chi connectivity index (χ0v) is 13.1. The van der Waals surface area contributed by atoms with E-state index >= 15 is 0 Å². The number of pyridine rings is 1. The van der Waals surface area contributed by atoms with E-state index in [0.29, 0.717) is 11.3 Å². The Morgan fingerprint density at radius 2 is 1.95 bits per heavy atom. The Morgan fingerprint density at radius 3 is 2.59 bits per heavy atom. The largest absolute Gasteiger partial charge is 0.344 e. The van der Waals surface area contributed by atoms with Crippen LogP contribution in [-0.4, -0.2) is 25.6 Å². The SMILES string of the molecule is C[C@H](NC(=O)c1cccc(NS(C)(=O)=O)c1)c1ccccn1. The zero-order chi connectivity index (χ0) is 16.2. The van der Waals surface area contributed by atoms with Gasteiger partial charge < -0.3 is 5.32 Å². The van der Waals surface area contributed by atoms with E-state index in [2.05, 4.69) is 15.0 Å². The van der Waals surface area contributed by atoms with Gasteiger partial charge in [0.15, 0.2) is 0 Å². The first kappa shape index (κ1) is 16.0. The summed E-state index contributed by atoms with van der Waals surface area (Å²) in [6, 6.07) is 11.5. The lowest BCUT2D eigenvalue weighted by atomic mass is 10.1. The molecule has 6 nitrogen and oxygen atoms in total. The van der Waals surface area contributed by atoms with E-state index in [9.17, 15) is 13.2 Å². The fourth-order valence-corrected chi connectivity index (χ4v) is 2.48. The number of nitrogens with zero attached hydrogens (tertiary/aromatic N) is 1. The first-order valence-electron chi connectivity index (χ1n) is 6.65. The van der Waals surface area contributed by atoms with Crippen LogP contribution in [0.1, 0.15) is 29.0 Å². The highest BCUT2D eigenvalue weighted by molar-refractivity contribution is 7.92. The predicted molar refractivity (Wildman–Crippen MR) is 85.0 cm³/mol. The number of hydrogen-bond donors (Lipinski definition) is 2. The molecule has 0 bridgehead atoms. The summed E-state index contributed by atoms with van der Waals surface area (Å²) in [4.78, 5) is 16.4. The third-order valence-corrected chi connectivity index (χ3v) is 3.51. The Labute approximate surface area is 129 Å². The van der Waals surface area contributed by atoms with Crippen molar-refractivity contribution in [2.75, 3.05) is 11.0 Å². The molecule has 116 valence electrons. The van der Waals surface area contributed by atoms with Crippen molar-refractivity contribution in [3.05, 3.63) is 59.9 Å². The molecule has 0 aliphatic heterocycles.